The minimum absolute atomic E-state index is 1.06. The number of rotatable bonds is 17. The molecule has 0 rings (SSSR count). The second kappa shape index (κ2) is 20.3. The predicted molar refractivity (Wildman–Crippen MR) is 111 cm³/mol. The Bertz CT molecular complexity index is 315. The molecule has 0 heterocycles. The Morgan fingerprint density at radius 2 is 0.958 bits per heavy atom. The quantitative estimate of drug-likeness (QED) is 0.142. The Kier molecular flexibility index (Phi) is 19.8. The van der Waals surface area contributed by atoms with Crippen LogP contribution in [0.2, 0.25) is 0 Å². The summed E-state index contributed by atoms with van der Waals surface area (Å²) in [7, 11) is 0. The molecule has 0 aromatic carbocycles. The average molecular weight is 333 g/mol. The molecule has 0 saturated heterocycles. The van der Waals surface area contributed by atoms with E-state index in [1.54, 1.807) is 0 Å². The van der Waals surface area contributed by atoms with Crippen molar-refractivity contribution >= 4 is 0 Å². The highest BCUT2D eigenvalue weighted by Gasteiger charge is 1.96. The van der Waals surface area contributed by atoms with E-state index in [4.69, 9.17) is 0 Å². The molecule has 0 N–H and O–H groups in total. The number of hydrogen-bond acceptors (Lipinski definition) is 0. The van der Waals surface area contributed by atoms with Gasteiger partial charge in [0, 0.05) is 12.8 Å². The summed E-state index contributed by atoms with van der Waals surface area (Å²) in [4.78, 5) is 0. The minimum Gasteiger partial charge on any atom is -0.103 e. The molecule has 0 aliphatic carbocycles. The van der Waals surface area contributed by atoms with Gasteiger partial charge in [-0.2, -0.15) is 0 Å². The first-order valence-electron chi connectivity index (χ1n) is 10.9. The van der Waals surface area contributed by atoms with Crippen LogP contribution < -0.4 is 0 Å². The van der Waals surface area contributed by atoms with Gasteiger partial charge in [-0.1, -0.05) is 96.6 Å². The molecule has 0 amide bonds. The minimum atomic E-state index is 1.06. The predicted octanol–water partition coefficient (Wildman–Crippen LogP) is 8.61. The van der Waals surface area contributed by atoms with Crippen molar-refractivity contribution in [1.29, 1.82) is 0 Å². The molecular weight excluding hydrogens is 288 g/mol. The summed E-state index contributed by atoms with van der Waals surface area (Å²) >= 11 is 0. The summed E-state index contributed by atoms with van der Waals surface area (Å²) in [6.45, 7) is 8.79. The first kappa shape index (κ1) is 23.3. The molecule has 0 atom stereocenters. The van der Waals surface area contributed by atoms with Crippen molar-refractivity contribution in [2.24, 2.45) is 0 Å². The van der Waals surface area contributed by atoms with Gasteiger partial charge in [-0.05, 0) is 32.1 Å². The fraction of sp³-hybridized carbons (Fsp3) is 0.833. The van der Waals surface area contributed by atoms with Crippen LogP contribution in [-0.2, 0) is 0 Å². The maximum absolute atomic E-state index is 4.24. The van der Waals surface area contributed by atoms with Crippen LogP contribution in [0, 0.1) is 11.8 Å². The van der Waals surface area contributed by atoms with Gasteiger partial charge in [0.15, 0.2) is 0 Å². The summed E-state index contributed by atoms with van der Waals surface area (Å²) < 4.78 is 0. The van der Waals surface area contributed by atoms with E-state index in [1.807, 2.05) is 0 Å². The number of unbranched alkanes of at least 4 members (excludes halogenated alkanes) is 13. The number of allylic oxidation sites excluding steroid dienone is 1. The Morgan fingerprint density at radius 3 is 1.54 bits per heavy atom. The van der Waals surface area contributed by atoms with E-state index >= 15 is 0 Å². The molecule has 140 valence electrons. The highest BCUT2D eigenvalue weighted by molar-refractivity contribution is 5.00. The van der Waals surface area contributed by atoms with Crippen LogP contribution in [0.1, 0.15) is 129 Å². The molecule has 0 heteroatoms. The van der Waals surface area contributed by atoms with Gasteiger partial charge in [-0.25, -0.2) is 0 Å². The lowest BCUT2D eigenvalue weighted by Gasteiger charge is -2.04. The lowest BCUT2D eigenvalue weighted by atomic mass is 10.0. The fourth-order valence-corrected chi connectivity index (χ4v) is 3.05. The number of hydrogen-bond donors (Lipinski definition) is 0. The standard InChI is InChI=1S/C24H44/c1-4-6-8-10-12-13-14-15-17-19-21-23-24(3)22-20-18-16-11-9-7-5-2/h3-14,16,18-23H2,1-2H3. The maximum atomic E-state index is 4.24. The van der Waals surface area contributed by atoms with Crippen molar-refractivity contribution in [1.82, 2.24) is 0 Å². The van der Waals surface area contributed by atoms with Gasteiger partial charge >= 0.3 is 0 Å². The molecule has 0 spiro atoms. The zero-order valence-electron chi connectivity index (χ0n) is 16.9. The highest BCUT2D eigenvalue weighted by atomic mass is 14.0. The third-order valence-corrected chi connectivity index (χ3v) is 4.75. The second-order valence-corrected chi connectivity index (χ2v) is 7.35. The highest BCUT2D eigenvalue weighted by Crippen LogP contribution is 2.15. The monoisotopic (exact) mass is 332 g/mol. The van der Waals surface area contributed by atoms with E-state index in [1.165, 1.54) is 108 Å². The van der Waals surface area contributed by atoms with Crippen LogP contribution in [0.3, 0.4) is 0 Å². The van der Waals surface area contributed by atoms with Gasteiger partial charge in [0.2, 0.25) is 0 Å². The van der Waals surface area contributed by atoms with Gasteiger partial charge in [0.1, 0.15) is 0 Å². The summed E-state index contributed by atoms with van der Waals surface area (Å²) in [5.41, 5.74) is 1.45. The molecule has 0 aromatic heterocycles. The van der Waals surface area contributed by atoms with E-state index in [0.717, 1.165) is 12.8 Å². The van der Waals surface area contributed by atoms with Crippen molar-refractivity contribution in [3.05, 3.63) is 12.2 Å². The summed E-state index contributed by atoms with van der Waals surface area (Å²) in [6.07, 6.45) is 23.7. The van der Waals surface area contributed by atoms with Crippen LogP contribution in [0.25, 0.3) is 0 Å². The molecule has 0 saturated carbocycles. The molecule has 24 heavy (non-hydrogen) atoms. The fourth-order valence-electron chi connectivity index (χ4n) is 3.05. The van der Waals surface area contributed by atoms with Crippen LogP contribution in [0.15, 0.2) is 12.2 Å². The third-order valence-electron chi connectivity index (χ3n) is 4.75. The summed E-state index contributed by atoms with van der Waals surface area (Å²) in [5, 5.41) is 0. The second-order valence-electron chi connectivity index (χ2n) is 7.35. The normalized spacial score (nSPS) is 10.4. The molecule has 0 aliphatic rings. The lowest BCUT2D eigenvalue weighted by molar-refractivity contribution is 0.584. The van der Waals surface area contributed by atoms with Crippen LogP contribution in [-0.4, -0.2) is 0 Å². The molecule has 0 bridgehead atoms. The van der Waals surface area contributed by atoms with Crippen LogP contribution >= 0.6 is 0 Å². The molecular formula is C24H44. The van der Waals surface area contributed by atoms with E-state index in [2.05, 4.69) is 32.3 Å². The summed E-state index contributed by atoms with van der Waals surface area (Å²) in [6, 6.07) is 0. The van der Waals surface area contributed by atoms with Gasteiger partial charge in [0.25, 0.3) is 0 Å². The average Bonchev–Trinajstić information content (AvgIpc) is 2.59. The van der Waals surface area contributed by atoms with E-state index in [0.29, 0.717) is 0 Å². The molecule has 0 aromatic rings. The zero-order chi connectivity index (χ0) is 17.7. The van der Waals surface area contributed by atoms with Crippen molar-refractivity contribution in [3.8, 4) is 11.8 Å². The van der Waals surface area contributed by atoms with Gasteiger partial charge in [-0.15, -0.1) is 11.8 Å². The molecule has 0 radical (unpaired) electrons. The van der Waals surface area contributed by atoms with Gasteiger partial charge < -0.3 is 0 Å². The largest absolute Gasteiger partial charge is 0.103 e. The summed E-state index contributed by atoms with van der Waals surface area (Å²) in [5.74, 6) is 6.69. The molecule has 0 unspecified atom stereocenters. The smallest absolute Gasteiger partial charge is 0.00917 e. The van der Waals surface area contributed by atoms with Crippen molar-refractivity contribution in [2.45, 2.75) is 129 Å². The van der Waals surface area contributed by atoms with Crippen LogP contribution in [0.4, 0.5) is 0 Å². The Hall–Kier alpha value is -0.700. The van der Waals surface area contributed by atoms with Crippen molar-refractivity contribution in [3.63, 3.8) is 0 Å². The Morgan fingerprint density at radius 1 is 0.542 bits per heavy atom. The first-order chi connectivity index (χ1) is 11.8. The topological polar surface area (TPSA) is 0 Å². The molecule has 0 fully saturated rings. The third kappa shape index (κ3) is 19.3. The van der Waals surface area contributed by atoms with Crippen molar-refractivity contribution < 1.29 is 0 Å². The lowest BCUT2D eigenvalue weighted by Crippen LogP contribution is -1.85. The maximum Gasteiger partial charge on any atom is 0.00917 e. The zero-order valence-corrected chi connectivity index (χ0v) is 16.9. The first-order valence-corrected chi connectivity index (χ1v) is 10.9. The van der Waals surface area contributed by atoms with E-state index < -0.39 is 0 Å². The van der Waals surface area contributed by atoms with Crippen molar-refractivity contribution in [2.75, 3.05) is 0 Å². The van der Waals surface area contributed by atoms with Gasteiger partial charge in [0.05, 0.1) is 0 Å². The van der Waals surface area contributed by atoms with Crippen LogP contribution in [0.5, 0.6) is 0 Å². The Balaban J connectivity index is 3.27. The van der Waals surface area contributed by atoms with E-state index in [-0.39, 0.29) is 0 Å². The van der Waals surface area contributed by atoms with Gasteiger partial charge in [-0.3, -0.25) is 0 Å². The van der Waals surface area contributed by atoms with E-state index in [9.17, 15) is 0 Å². The molecule has 0 aliphatic heterocycles. The Labute approximate surface area is 153 Å². The SMILES string of the molecule is C=C(CCCC#CCCCCCCCC)CCCCCCCCC. The molecule has 0 nitrogen and oxygen atoms in total.